The largest absolute Gasteiger partial charge is 0.386 e. The van der Waals surface area contributed by atoms with E-state index in [1.165, 1.54) is 0 Å². The second kappa shape index (κ2) is 3.71. The Hall–Kier alpha value is -0.870. The van der Waals surface area contributed by atoms with Crippen molar-refractivity contribution in [3.8, 4) is 0 Å². The highest BCUT2D eigenvalue weighted by atomic mass is 16.5. The van der Waals surface area contributed by atoms with Crippen LogP contribution < -0.4 is 0 Å². The van der Waals surface area contributed by atoms with Gasteiger partial charge >= 0.3 is 0 Å². The third-order valence-corrected chi connectivity index (χ3v) is 2.68. The molecule has 78 valence electrons. The molecule has 4 heteroatoms. The van der Waals surface area contributed by atoms with Crippen LogP contribution in [0.4, 0.5) is 0 Å². The average molecular weight is 196 g/mol. The van der Waals surface area contributed by atoms with Crippen molar-refractivity contribution in [3.05, 3.63) is 18.0 Å². The Kier molecular flexibility index (Phi) is 2.56. The van der Waals surface area contributed by atoms with E-state index in [9.17, 15) is 5.11 Å². The molecule has 1 saturated heterocycles. The van der Waals surface area contributed by atoms with Crippen molar-refractivity contribution >= 4 is 0 Å². The van der Waals surface area contributed by atoms with Crippen molar-refractivity contribution in [3.63, 3.8) is 0 Å². The standard InChI is InChI=1S/C10H16N2O2/c1-7-3-4-9(14-7)10(13)8-5-11-12(2)6-8/h5-7,9-10,13H,3-4H2,1-2H3. The van der Waals surface area contributed by atoms with Gasteiger partial charge in [0.25, 0.3) is 0 Å². The van der Waals surface area contributed by atoms with Crippen molar-refractivity contribution in [2.24, 2.45) is 7.05 Å². The fraction of sp³-hybridized carbons (Fsp3) is 0.700. The molecule has 0 spiro atoms. The van der Waals surface area contributed by atoms with Crippen LogP contribution in [-0.2, 0) is 11.8 Å². The molecule has 2 rings (SSSR count). The van der Waals surface area contributed by atoms with Gasteiger partial charge in [-0.2, -0.15) is 5.10 Å². The number of nitrogens with zero attached hydrogens (tertiary/aromatic N) is 2. The smallest absolute Gasteiger partial charge is 0.108 e. The summed E-state index contributed by atoms with van der Waals surface area (Å²) in [6.07, 6.45) is 5.15. The zero-order chi connectivity index (χ0) is 10.1. The fourth-order valence-corrected chi connectivity index (χ4v) is 1.87. The molecule has 0 aliphatic carbocycles. The fourth-order valence-electron chi connectivity index (χ4n) is 1.87. The normalized spacial score (nSPS) is 29.4. The molecule has 1 aliphatic heterocycles. The lowest BCUT2D eigenvalue weighted by atomic mass is 10.1. The topological polar surface area (TPSA) is 47.3 Å². The minimum atomic E-state index is -0.534. The van der Waals surface area contributed by atoms with Crippen LogP contribution in [0, 0.1) is 0 Å². The molecule has 0 radical (unpaired) electrons. The summed E-state index contributed by atoms with van der Waals surface area (Å²) in [6.45, 7) is 2.04. The van der Waals surface area contributed by atoms with Crippen LogP contribution in [0.25, 0.3) is 0 Å². The first kappa shape index (κ1) is 9.68. The number of aliphatic hydroxyl groups excluding tert-OH is 1. The lowest BCUT2D eigenvalue weighted by Crippen LogP contribution is -2.18. The summed E-state index contributed by atoms with van der Waals surface area (Å²) in [5, 5.41) is 14.0. The van der Waals surface area contributed by atoms with E-state index in [0.29, 0.717) is 0 Å². The molecule has 1 aliphatic rings. The Morgan fingerprint density at radius 2 is 2.43 bits per heavy atom. The SMILES string of the molecule is CC1CCC(C(O)c2cnn(C)c2)O1. The maximum Gasteiger partial charge on any atom is 0.108 e. The van der Waals surface area contributed by atoms with Gasteiger partial charge in [0.15, 0.2) is 0 Å². The van der Waals surface area contributed by atoms with E-state index in [1.807, 2.05) is 20.2 Å². The van der Waals surface area contributed by atoms with Gasteiger partial charge in [-0.1, -0.05) is 0 Å². The zero-order valence-corrected chi connectivity index (χ0v) is 8.55. The molecular weight excluding hydrogens is 180 g/mol. The molecule has 0 amide bonds. The quantitative estimate of drug-likeness (QED) is 0.768. The molecule has 3 unspecified atom stereocenters. The Morgan fingerprint density at radius 1 is 1.64 bits per heavy atom. The second-order valence-electron chi connectivity index (χ2n) is 3.95. The van der Waals surface area contributed by atoms with E-state index >= 15 is 0 Å². The summed E-state index contributed by atoms with van der Waals surface area (Å²) >= 11 is 0. The lowest BCUT2D eigenvalue weighted by molar-refractivity contribution is -0.0297. The highest BCUT2D eigenvalue weighted by molar-refractivity contribution is 5.10. The van der Waals surface area contributed by atoms with Gasteiger partial charge in [-0.15, -0.1) is 0 Å². The maximum absolute atomic E-state index is 9.97. The predicted molar refractivity (Wildman–Crippen MR) is 51.7 cm³/mol. The van der Waals surface area contributed by atoms with Crippen LogP contribution in [-0.4, -0.2) is 27.1 Å². The van der Waals surface area contributed by atoms with Gasteiger partial charge in [0.05, 0.1) is 18.4 Å². The van der Waals surface area contributed by atoms with Crippen molar-refractivity contribution in [1.82, 2.24) is 9.78 Å². The zero-order valence-electron chi connectivity index (χ0n) is 8.55. The van der Waals surface area contributed by atoms with Crippen LogP contribution in [0.1, 0.15) is 31.4 Å². The summed E-state index contributed by atoms with van der Waals surface area (Å²) in [6, 6.07) is 0. The summed E-state index contributed by atoms with van der Waals surface area (Å²) in [7, 11) is 1.84. The predicted octanol–water partition coefficient (Wildman–Crippen LogP) is 1.02. The average Bonchev–Trinajstić information content (AvgIpc) is 2.73. The first-order valence-electron chi connectivity index (χ1n) is 4.99. The Bertz CT molecular complexity index is 311. The molecule has 1 fully saturated rings. The molecule has 0 saturated carbocycles. The molecule has 1 aromatic heterocycles. The molecule has 1 N–H and O–H groups in total. The molecule has 2 heterocycles. The van der Waals surface area contributed by atoms with E-state index in [-0.39, 0.29) is 12.2 Å². The molecular formula is C10H16N2O2. The van der Waals surface area contributed by atoms with Gasteiger partial charge in [-0.3, -0.25) is 4.68 Å². The first-order valence-corrected chi connectivity index (χ1v) is 4.99. The summed E-state index contributed by atoms with van der Waals surface area (Å²) in [4.78, 5) is 0. The third-order valence-electron chi connectivity index (χ3n) is 2.68. The van der Waals surface area contributed by atoms with E-state index in [0.717, 1.165) is 18.4 Å². The number of aryl methyl sites for hydroxylation is 1. The maximum atomic E-state index is 9.97. The molecule has 0 aromatic carbocycles. The number of hydrogen-bond acceptors (Lipinski definition) is 3. The number of aromatic nitrogens is 2. The van der Waals surface area contributed by atoms with E-state index in [2.05, 4.69) is 5.10 Å². The van der Waals surface area contributed by atoms with E-state index in [4.69, 9.17) is 4.74 Å². The third kappa shape index (κ3) is 1.81. The number of rotatable bonds is 2. The first-order chi connectivity index (χ1) is 6.66. The highest BCUT2D eigenvalue weighted by Gasteiger charge is 2.29. The van der Waals surface area contributed by atoms with Crippen LogP contribution in [0.15, 0.2) is 12.4 Å². The lowest BCUT2D eigenvalue weighted by Gasteiger charge is -2.16. The van der Waals surface area contributed by atoms with Crippen molar-refractivity contribution in [2.45, 2.75) is 38.1 Å². The summed E-state index contributed by atoms with van der Waals surface area (Å²) < 4.78 is 7.29. The van der Waals surface area contributed by atoms with Crippen LogP contribution in [0.2, 0.25) is 0 Å². The van der Waals surface area contributed by atoms with E-state index in [1.54, 1.807) is 10.9 Å². The van der Waals surface area contributed by atoms with Gasteiger partial charge in [0, 0.05) is 18.8 Å². The van der Waals surface area contributed by atoms with Crippen LogP contribution in [0.5, 0.6) is 0 Å². The van der Waals surface area contributed by atoms with Crippen molar-refractivity contribution in [1.29, 1.82) is 0 Å². The second-order valence-corrected chi connectivity index (χ2v) is 3.95. The minimum Gasteiger partial charge on any atom is -0.386 e. The van der Waals surface area contributed by atoms with Crippen LogP contribution in [0.3, 0.4) is 0 Å². The minimum absolute atomic E-state index is 0.0609. The summed E-state index contributed by atoms with van der Waals surface area (Å²) in [5.74, 6) is 0. The van der Waals surface area contributed by atoms with Gasteiger partial charge in [-0.25, -0.2) is 0 Å². The Morgan fingerprint density at radius 3 is 2.93 bits per heavy atom. The van der Waals surface area contributed by atoms with Gasteiger partial charge in [-0.05, 0) is 19.8 Å². The van der Waals surface area contributed by atoms with Gasteiger partial charge in [0.2, 0.25) is 0 Å². The number of ether oxygens (including phenoxy) is 1. The molecule has 0 bridgehead atoms. The van der Waals surface area contributed by atoms with Crippen molar-refractivity contribution < 1.29 is 9.84 Å². The highest BCUT2D eigenvalue weighted by Crippen LogP contribution is 2.29. The van der Waals surface area contributed by atoms with Gasteiger partial charge in [0.1, 0.15) is 6.10 Å². The number of hydrogen-bond donors (Lipinski definition) is 1. The Balaban J connectivity index is 2.05. The van der Waals surface area contributed by atoms with E-state index < -0.39 is 6.10 Å². The van der Waals surface area contributed by atoms with Crippen LogP contribution >= 0.6 is 0 Å². The van der Waals surface area contributed by atoms with Gasteiger partial charge < -0.3 is 9.84 Å². The van der Waals surface area contributed by atoms with Crippen molar-refractivity contribution in [2.75, 3.05) is 0 Å². The monoisotopic (exact) mass is 196 g/mol. The Labute approximate surface area is 83.5 Å². The molecule has 1 aromatic rings. The summed E-state index contributed by atoms with van der Waals surface area (Å²) in [5.41, 5.74) is 0.839. The number of aliphatic hydroxyl groups is 1. The molecule has 14 heavy (non-hydrogen) atoms. The molecule has 4 nitrogen and oxygen atoms in total. The molecule has 3 atom stereocenters.